The number of amides is 2. The molecule has 2 unspecified atom stereocenters. The quantitative estimate of drug-likeness (QED) is 0.761. The lowest BCUT2D eigenvalue weighted by Gasteiger charge is -2.19. The summed E-state index contributed by atoms with van der Waals surface area (Å²) in [6.07, 6.45) is 0.595. The number of urea groups is 1. The van der Waals surface area contributed by atoms with Crippen molar-refractivity contribution >= 4 is 17.4 Å². The number of benzene rings is 1. The Morgan fingerprint density at radius 2 is 1.96 bits per heavy atom. The normalized spacial score (nSPS) is 13.4. The topological polar surface area (TPSA) is 74.2 Å². The van der Waals surface area contributed by atoms with Crippen LogP contribution in [0.5, 0.6) is 0 Å². The SMILES string of the molecule is Cc1nc(C)c(C(C)NC(=O)NC(CO)Cc2ccccc2)s1. The second-order valence-electron chi connectivity index (χ2n) is 5.59. The fourth-order valence-corrected chi connectivity index (χ4v) is 3.43. The van der Waals surface area contributed by atoms with Crippen molar-refractivity contribution in [3.05, 3.63) is 51.5 Å². The third-order valence-electron chi connectivity index (χ3n) is 3.56. The molecule has 2 rings (SSSR count). The van der Waals surface area contributed by atoms with Crippen LogP contribution in [0.2, 0.25) is 0 Å². The Balaban J connectivity index is 1.91. The highest BCUT2D eigenvalue weighted by molar-refractivity contribution is 7.11. The van der Waals surface area contributed by atoms with Crippen LogP contribution in [0.25, 0.3) is 0 Å². The number of thiazole rings is 1. The fraction of sp³-hybridized carbons (Fsp3) is 0.412. The molecule has 23 heavy (non-hydrogen) atoms. The molecule has 0 radical (unpaired) electrons. The van der Waals surface area contributed by atoms with Gasteiger partial charge in [0, 0.05) is 4.88 Å². The standard InChI is InChI=1S/C17H23N3O2S/c1-11-16(23-13(3)18-11)12(2)19-17(22)20-15(10-21)9-14-7-5-4-6-8-14/h4-8,12,15,21H,9-10H2,1-3H3,(H2,19,20,22). The molecule has 2 aromatic rings. The molecule has 1 aromatic heterocycles. The monoisotopic (exact) mass is 333 g/mol. The summed E-state index contributed by atoms with van der Waals surface area (Å²) in [7, 11) is 0. The van der Waals surface area contributed by atoms with Crippen LogP contribution < -0.4 is 10.6 Å². The smallest absolute Gasteiger partial charge is 0.315 e. The largest absolute Gasteiger partial charge is 0.394 e. The van der Waals surface area contributed by atoms with Gasteiger partial charge in [-0.15, -0.1) is 11.3 Å². The molecule has 1 heterocycles. The number of aliphatic hydroxyl groups excluding tert-OH is 1. The van der Waals surface area contributed by atoms with Crippen molar-refractivity contribution in [3.63, 3.8) is 0 Å². The number of aromatic nitrogens is 1. The van der Waals surface area contributed by atoms with Crippen molar-refractivity contribution in [3.8, 4) is 0 Å². The van der Waals surface area contributed by atoms with E-state index in [4.69, 9.17) is 0 Å². The van der Waals surface area contributed by atoms with Gasteiger partial charge in [-0.2, -0.15) is 0 Å². The minimum absolute atomic E-state index is 0.102. The number of carbonyl (C=O) groups excluding carboxylic acids is 1. The number of aryl methyl sites for hydroxylation is 2. The first-order valence-electron chi connectivity index (χ1n) is 7.65. The summed E-state index contributed by atoms with van der Waals surface area (Å²) in [5, 5.41) is 16.2. The Morgan fingerprint density at radius 3 is 2.52 bits per heavy atom. The lowest BCUT2D eigenvalue weighted by atomic mass is 10.1. The zero-order valence-corrected chi connectivity index (χ0v) is 14.5. The van der Waals surface area contributed by atoms with E-state index in [-0.39, 0.29) is 24.7 Å². The summed E-state index contributed by atoms with van der Waals surface area (Å²) in [4.78, 5) is 17.6. The van der Waals surface area contributed by atoms with Crippen LogP contribution in [-0.2, 0) is 6.42 Å². The van der Waals surface area contributed by atoms with Gasteiger partial charge in [0.2, 0.25) is 0 Å². The fourth-order valence-electron chi connectivity index (χ4n) is 2.50. The van der Waals surface area contributed by atoms with Crippen molar-refractivity contribution in [2.45, 2.75) is 39.3 Å². The van der Waals surface area contributed by atoms with Gasteiger partial charge in [0.15, 0.2) is 0 Å². The highest BCUT2D eigenvalue weighted by atomic mass is 32.1. The van der Waals surface area contributed by atoms with E-state index in [2.05, 4.69) is 15.6 Å². The van der Waals surface area contributed by atoms with E-state index >= 15 is 0 Å². The van der Waals surface area contributed by atoms with Gasteiger partial charge in [-0.05, 0) is 32.8 Å². The maximum atomic E-state index is 12.2. The van der Waals surface area contributed by atoms with Gasteiger partial charge < -0.3 is 15.7 Å². The number of nitrogens with zero attached hydrogens (tertiary/aromatic N) is 1. The van der Waals surface area contributed by atoms with E-state index in [9.17, 15) is 9.90 Å². The van der Waals surface area contributed by atoms with E-state index in [0.29, 0.717) is 6.42 Å². The van der Waals surface area contributed by atoms with Crippen LogP contribution in [-0.4, -0.2) is 28.8 Å². The Kier molecular flexibility index (Phi) is 6.12. The predicted molar refractivity (Wildman–Crippen MR) is 92.7 cm³/mol. The van der Waals surface area contributed by atoms with Crippen molar-refractivity contribution in [1.29, 1.82) is 0 Å². The minimum atomic E-state index is -0.311. The Labute approximate surface area is 140 Å². The summed E-state index contributed by atoms with van der Waals surface area (Å²) in [6.45, 7) is 5.73. The molecule has 0 bridgehead atoms. The van der Waals surface area contributed by atoms with Gasteiger partial charge in [0.1, 0.15) is 0 Å². The van der Waals surface area contributed by atoms with Crippen LogP contribution >= 0.6 is 11.3 Å². The number of rotatable bonds is 6. The maximum absolute atomic E-state index is 12.2. The molecular formula is C17H23N3O2S. The van der Waals surface area contributed by atoms with Gasteiger partial charge in [0.05, 0.1) is 29.4 Å². The summed E-state index contributed by atoms with van der Waals surface area (Å²) in [6, 6.07) is 9.09. The molecule has 2 amide bonds. The molecular weight excluding hydrogens is 310 g/mol. The van der Waals surface area contributed by atoms with Gasteiger partial charge >= 0.3 is 6.03 Å². The van der Waals surface area contributed by atoms with E-state index in [0.717, 1.165) is 21.1 Å². The number of hydrogen-bond acceptors (Lipinski definition) is 4. The zero-order valence-electron chi connectivity index (χ0n) is 13.7. The third kappa shape index (κ3) is 5.04. The van der Waals surface area contributed by atoms with E-state index in [1.54, 1.807) is 11.3 Å². The van der Waals surface area contributed by atoms with Crippen LogP contribution in [0.4, 0.5) is 4.79 Å². The van der Waals surface area contributed by atoms with Crippen molar-refractivity contribution in [2.24, 2.45) is 0 Å². The zero-order chi connectivity index (χ0) is 16.8. The summed E-state index contributed by atoms with van der Waals surface area (Å²) >= 11 is 1.59. The van der Waals surface area contributed by atoms with Gasteiger partial charge in [-0.25, -0.2) is 9.78 Å². The predicted octanol–water partition coefficient (Wildman–Crippen LogP) is 2.72. The lowest BCUT2D eigenvalue weighted by molar-refractivity contribution is 0.214. The maximum Gasteiger partial charge on any atom is 0.315 e. The Hall–Kier alpha value is -1.92. The molecule has 0 fully saturated rings. The van der Waals surface area contributed by atoms with Crippen LogP contribution in [0, 0.1) is 13.8 Å². The second kappa shape index (κ2) is 8.08. The van der Waals surface area contributed by atoms with E-state index < -0.39 is 0 Å². The van der Waals surface area contributed by atoms with Crippen molar-refractivity contribution in [2.75, 3.05) is 6.61 Å². The molecule has 0 saturated heterocycles. The lowest BCUT2D eigenvalue weighted by Crippen LogP contribution is -2.45. The van der Waals surface area contributed by atoms with Crippen LogP contribution in [0.3, 0.4) is 0 Å². The highest BCUT2D eigenvalue weighted by Crippen LogP contribution is 2.24. The summed E-state index contributed by atoms with van der Waals surface area (Å²) in [5.74, 6) is 0. The number of carbonyl (C=O) groups is 1. The van der Waals surface area contributed by atoms with Gasteiger partial charge in [-0.1, -0.05) is 30.3 Å². The second-order valence-corrected chi connectivity index (χ2v) is 6.83. The van der Waals surface area contributed by atoms with E-state index in [1.807, 2.05) is 51.1 Å². The molecule has 6 heteroatoms. The molecule has 0 aliphatic heterocycles. The number of aliphatic hydroxyl groups is 1. The highest BCUT2D eigenvalue weighted by Gasteiger charge is 2.17. The van der Waals surface area contributed by atoms with Crippen molar-refractivity contribution in [1.82, 2.24) is 15.6 Å². The van der Waals surface area contributed by atoms with Crippen LogP contribution in [0.15, 0.2) is 30.3 Å². The third-order valence-corrected chi connectivity index (χ3v) is 4.82. The Morgan fingerprint density at radius 1 is 1.26 bits per heavy atom. The van der Waals surface area contributed by atoms with E-state index in [1.165, 1.54) is 0 Å². The molecule has 1 aromatic carbocycles. The molecule has 0 aliphatic rings. The first-order chi connectivity index (χ1) is 11.0. The van der Waals surface area contributed by atoms with Crippen LogP contribution in [0.1, 0.15) is 34.1 Å². The average Bonchev–Trinajstić information content (AvgIpc) is 2.86. The van der Waals surface area contributed by atoms with Crippen molar-refractivity contribution < 1.29 is 9.90 Å². The minimum Gasteiger partial charge on any atom is -0.394 e. The molecule has 3 N–H and O–H groups in total. The molecule has 0 spiro atoms. The molecule has 124 valence electrons. The summed E-state index contributed by atoms with van der Waals surface area (Å²) in [5.41, 5.74) is 2.03. The molecule has 0 aliphatic carbocycles. The molecule has 2 atom stereocenters. The van der Waals surface area contributed by atoms with Gasteiger partial charge in [-0.3, -0.25) is 0 Å². The first-order valence-corrected chi connectivity index (χ1v) is 8.47. The summed E-state index contributed by atoms with van der Waals surface area (Å²) < 4.78 is 0. The number of hydrogen-bond donors (Lipinski definition) is 3. The molecule has 5 nitrogen and oxygen atoms in total. The molecule has 0 saturated carbocycles. The first kappa shape index (κ1) is 17.4. The number of nitrogens with one attached hydrogen (secondary N) is 2. The average molecular weight is 333 g/mol. The van der Waals surface area contributed by atoms with Gasteiger partial charge in [0.25, 0.3) is 0 Å². The Bertz CT molecular complexity index is 643.